The normalized spacial score (nSPS) is 21.4. The van der Waals surface area contributed by atoms with Crippen molar-refractivity contribution in [1.29, 1.82) is 0 Å². The molecular weight excluding hydrogens is 322 g/mol. The molecule has 2 amide bonds. The first kappa shape index (κ1) is 17.3. The number of hydrogen-bond donors (Lipinski definition) is 3. The number of carboxylic acid groups (broad SMARTS) is 1. The molecule has 7 nitrogen and oxygen atoms in total. The number of piperidine rings is 1. The van der Waals surface area contributed by atoms with Crippen molar-refractivity contribution in [2.24, 2.45) is 17.1 Å². The largest absolute Gasteiger partial charge is 0.480 e. The van der Waals surface area contributed by atoms with Gasteiger partial charge in [-0.2, -0.15) is 0 Å². The lowest BCUT2D eigenvalue weighted by Crippen LogP contribution is -2.42. The summed E-state index contributed by atoms with van der Waals surface area (Å²) in [7, 11) is 0. The van der Waals surface area contributed by atoms with E-state index in [1.807, 2.05) is 24.3 Å². The number of carbonyl (C=O) groups excluding carboxylic acids is 2. The molecule has 3 rings (SSSR count). The molecular formula is C18H23N3O4. The van der Waals surface area contributed by atoms with E-state index >= 15 is 0 Å². The summed E-state index contributed by atoms with van der Waals surface area (Å²) >= 11 is 0. The van der Waals surface area contributed by atoms with E-state index in [4.69, 9.17) is 5.73 Å². The Morgan fingerprint density at radius 1 is 1.28 bits per heavy atom. The summed E-state index contributed by atoms with van der Waals surface area (Å²) in [6.07, 6.45) is 2.47. The molecule has 0 aromatic heterocycles. The maximum atomic E-state index is 12.2. The highest BCUT2D eigenvalue weighted by Gasteiger charge is 2.56. The van der Waals surface area contributed by atoms with E-state index in [0.29, 0.717) is 19.4 Å². The number of benzene rings is 1. The highest BCUT2D eigenvalue weighted by atomic mass is 16.4. The summed E-state index contributed by atoms with van der Waals surface area (Å²) in [5.74, 6) is -1.94. The molecule has 1 aliphatic heterocycles. The van der Waals surface area contributed by atoms with Gasteiger partial charge in [-0.05, 0) is 37.3 Å². The number of para-hydroxylation sites is 1. The minimum Gasteiger partial charge on any atom is -0.480 e. The van der Waals surface area contributed by atoms with Crippen molar-refractivity contribution in [2.45, 2.75) is 32.2 Å². The van der Waals surface area contributed by atoms with Crippen molar-refractivity contribution >= 4 is 23.5 Å². The van der Waals surface area contributed by atoms with Gasteiger partial charge in [-0.1, -0.05) is 18.2 Å². The number of nitrogens with one attached hydrogen (secondary N) is 1. The number of amides is 2. The van der Waals surface area contributed by atoms with Gasteiger partial charge < -0.3 is 21.1 Å². The Balaban J connectivity index is 1.70. The van der Waals surface area contributed by atoms with Crippen molar-refractivity contribution in [3.05, 3.63) is 29.8 Å². The first-order chi connectivity index (χ1) is 11.9. The molecule has 1 unspecified atom stereocenters. The summed E-state index contributed by atoms with van der Waals surface area (Å²) < 4.78 is 0. The van der Waals surface area contributed by atoms with Crippen LogP contribution in [0.5, 0.6) is 0 Å². The van der Waals surface area contributed by atoms with Crippen molar-refractivity contribution in [3.8, 4) is 0 Å². The fourth-order valence-corrected chi connectivity index (χ4v) is 3.40. The number of nitrogens with zero attached hydrogens (tertiary/aromatic N) is 1. The minimum atomic E-state index is -1.24. The molecule has 134 valence electrons. The maximum absolute atomic E-state index is 12.2. The maximum Gasteiger partial charge on any atom is 0.319 e. The van der Waals surface area contributed by atoms with E-state index in [1.54, 1.807) is 0 Å². The van der Waals surface area contributed by atoms with Gasteiger partial charge in [0.2, 0.25) is 11.8 Å². The van der Waals surface area contributed by atoms with Gasteiger partial charge in [-0.3, -0.25) is 14.4 Å². The lowest BCUT2D eigenvalue weighted by atomic mass is 9.96. The SMILES string of the molecule is NC(=O)C1CCCN(c2ccccc2CNC(=O)C2(C(=O)O)CC2)C1. The predicted molar refractivity (Wildman–Crippen MR) is 91.7 cm³/mol. The fourth-order valence-electron chi connectivity index (χ4n) is 3.40. The monoisotopic (exact) mass is 345 g/mol. The average molecular weight is 345 g/mol. The van der Waals surface area contributed by atoms with E-state index in [9.17, 15) is 19.5 Å². The minimum absolute atomic E-state index is 0.168. The number of aliphatic carboxylic acids is 1. The van der Waals surface area contributed by atoms with Crippen LogP contribution in [0, 0.1) is 11.3 Å². The van der Waals surface area contributed by atoms with Gasteiger partial charge in [0.25, 0.3) is 0 Å². The molecule has 7 heteroatoms. The van der Waals surface area contributed by atoms with E-state index < -0.39 is 17.3 Å². The van der Waals surface area contributed by atoms with E-state index in [-0.39, 0.29) is 18.4 Å². The van der Waals surface area contributed by atoms with Gasteiger partial charge in [0.15, 0.2) is 0 Å². The summed E-state index contributed by atoms with van der Waals surface area (Å²) in [5.41, 5.74) is 6.07. The van der Waals surface area contributed by atoms with Crippen LogP contribution in [0.1, 0.15) is 31.2 Å². The molecule has 0 radical (unpaired) electrons. The van der Waals surface area contributed by atoms with Crippen LogP contribution in [0.4, 0.5) is 5.69 Å². The van der Waals surface area contributed by atoms with Crippen LogP contribution < -0.4 is 16.0 Å². The van der Waals surface area contributed by atoms with E-state index in [2.05, 4.69) is 10.2 Å². The van der Waals surface area contributed by atoms with Crippen LogP contribution in [-0.4, -0.2) is 36.0 Å². The third-order valence-corrected chi connectivity index (χ3v) is 5.19. The molecule has 4 N–H and O–H groups in total. The summed E-state index contributed by atoms with van der Waals surface area (Å²) in [6, 6.07) is 7.65. The molecule has 1 aliphatic carbocycles. The molecule has 1 saturated carbocycles. The van der Waals surface area contributed by atoms with E-state index in [1.165, 1.54) is 0 Å². The van der Waals surface area contributed by atoms with Crippen LogP contribution in [0.25, 0.3) is 0 Å². The van der Waals surface area contributed by atoms with E-state index in [0.717, 1.165) is 30.6 Å². The zero-order valence-electron chi connectivity index (χ0n) is 14.0. The number of carbonyl (C=O) groups is 3. The fraction of sp³-hybridized carbons (Fsp3) is 0.500. The Bertz CT molecular complexity index is 699. The Kier molecular flexibility index (Phi) is 4.65. The number of carboxylic acids is 1. The number of primary amides is 1. The zero-order chi connectivity index (χ0) is 18.0. The molecule has 2 aliphatic rings. The van der Waals surface area contributed by atoms with Crippen molar-refractivity contribution in [3.63, 3.8) is 0 Å². The standard InChI is InChI=1S/C18H23N3O4/c19-15(22)13-5-3-9-21(11-13)14-6-2-1-4-12(14)10-20-16(23)18(7-8-18)17(24)25/h1-2,4,6,13H,3,5,7-11H2,(H2,19,22)(H,20,23)(H,24,25). The number of anilines is 1. The molecule has 1 atom stereocenters. The number of rotatable bonds is 6. The molecule has 1 saturated heterocycles. The molecule has 25 heavy (non-hydrogen) atoms. The van der Waals surface area contributed by atoms with Gasteiger partial charge in [0, 0.05) is 25.3 Å². The third-order valence-electron chi connectivity index (χ3n) is 5.19. The van der Waals surface area contributed by atoms with Crippen LogP contribution in [0.15, 0.2) is 24.3 Å². The van der Waals surface area contributed by atoms with Gasteiger partial charge in [0.05, 0.1) is 5.92 Å². The summed E-state index contributed by atoms with van der Waals surface area (Å²) in [5, 5.41) is 12.0. The van der Waals surface area contributed by atoms with Gasteiger partial charge in [-0.25, -0.2) is 0 Å². The lowest BCUT2D eigenvalue weighted by molar-refractivity contribution is -0.149. The molecule has 0 spiro atoms. The highest BCUT2D eigenvalue weighted by Crippen LogP contribution is 2.46. The summed E-state index contributed by atoms with van der Waals surface area (Å²) in [6.45, 7) is 1.66. The molecule has 2 fully saturated rings. The second-order valence-electron chi connectivity index (χ2n) is 6.89. The highest BCUT2D eigenvalue weighted by molar-refractivity contribution is 6.04. The topological polar surface area (TPSA) is 113 Å². The first-order valence-electron chi connectivity index (χ1n) is 8.58. The third kappa shape index (κ3) is 3.45. The van der Waals surface area contributed by atoms with Crippen LogP contribution in [-0.2, 0) is 20.9 Å². The molecule has 1 heterocycles. The Hall–Kier alpha value is -2.57. The Morgan fingerprint density at radius 2 is 2.00 bits per heavy atom. The van der Waals surface area contributed by atoms with Gasteiger partial charge >= 0.3 is 5.97 Å². The lowest BCUT2D eigenvalue weighted by Gasteiger charge is -2.34. The second kappa shape index (κ2) is 6.74. The van der Waals surface area contributed by atoms with Crippen molar-refractivity contribution in [2.75, 3.05) is 18.0 Å². The van der Waals surface area contributed by atoms with Crippen LogP contribution >= 0.6 is 0 Å². The van der Waals surface area contributed by atoms with Gasteiger partial charge in [0.1, 0.15) is 5.41 Å². The number of hydrogen-bond acceptors (Lipinski definition) is 4. The van der Waals surface area contributed by atoms with Crippen molar-refractivity contribution in [1.82, 2.24) is 5.32 Å². The summed E-state index contributed by atoms with van der Waals surface area (Å²) in [4.78, 5) is 37.1. The van der Waals surface area contributed by atoms with Gasteiger partial charge in [-0.15, -0.1) is 0 Å². The predicted octanol–water partition coefficient (Wildman–Crippen LogP) is 0.869. The molecule has 1 aromatic rings. The zero-order valence-corrected chi connectivity index (χ0v) is 14.0. The molecule has 0 bridgehead atoms. The Morgan fingerprint density at radius 3 is 2.64 bits per heavy atom. The van der Waals surface area contributed by atoms with Crippen molar-refractivity contribution < 1.29 is 19.5 Å². The van der Waals surface area contributed by atoms with Crippen LogP contribution in [0.3, 0.4) is 0 Å². The molecule has 1 aromatic carbocycles. The first-order valence-corrected chi connectivity index (χ1v) is 8.58. The second-order valence-corrected chi connectivity index (χ2v) is 6.89. The Labute approximate surface area is 146 Å². The van der Waals surface area contributed by atoms with Crippen LogP contribution in [0.2, 0.25) is 0 Å². The average Bonchev–Trinajstić information content (AvgIpc) is 3.42. The smallest absolute Gasteiger partial charge is 0.319 e. The quantitative estimate of drug-likeness (QED) is 0.662. The number of nitrogens with two attached hydrogens (primary N) is 1.